The summed E-state index contributed by atoms with van der Waals surface area (Å²) in [4.78, 5) is 9.14. The number of hydrogen-bond donors (Lipinski definition) is 2. The number of anilines is 1. The summed E-state index contributed by atoms with van der Waals surface area (Å²) in [7, 11) is 0. The second-order valence-electron chi connectivity index (χ2n) is 7.27. The molecule has 0 saturated carbocycles. The van der Waals surface area contributed by atoms with Crippen molar-refractivity contribution in [3.63, 3.8) is 0 Å². The largest absolute Gasteiger partial charge is 0.505 e. The summed E-state index contributed by atoms with van der Waals surface area (Å²) in [5.74, 6) is 1.73. The van der Waals surface area contributed by atoms with E-state index in [0.717, 1.165) is 39.5 Å². The number of phenols is 1. The molecule has 0 unspecified atom stereocenters. The number of rotatable bonds is 6. The van der Waals surface area contributed by atoms with Crippen molar-refractivity contribution < 1.29 is 9.84 Å². The lowest BCUT2D eigenvalue weighted by molar-refractivity contribution is 0.340. The fourth-order valence-electron chi connectivity index (χ4n) is 3.55. The molecule has 1 atom stereocenters. The van der Waals surface area contributed by atoms with Gasteiger partial charge in [-0.1, -0.05) is 36.4 Å². The summed E-state index contributed by atoms with van der Waals surface area (Å²) < 4.78 is 5.58. The SMILES string of the molecule is CCOc1ccc([C@@H](Nc2cccc(C)n2)c2ccc3ccc(C)nc3c2O)cc1. The molecule has 2 N–H and O–H groups in total. The summed E-state index contributed by atoms with van der Waals surface area (Å²) in [6.45, 7) is 6.45. The Kier molecular flexibility index (Phi) is 5.53. The van der Waals surface area contributed by atoms with E-state index in [9.17, 15) is 5.11 Å². The molecule has 5 nitrogen and oxygen atoms in total. The number of aryl methyl sites for hydroxylation is 2. The zero-order valence-corrected chi connectivity index (χ0v) is 17.4. The van der Waals surface area contributed by atoms with Gasteiger partial charge in [-0.2, -0.15) is 0 Å². The lowest BCUT2D eigenvalue weighted by Crippen LogP contribution is -2.14. The molecular weight excluding hydrogens is 374 g/mol. The summed E-state index contributed by atoms with van der Waals surface area (Å²) >= 11 is 0. The first-order valence-corrected chi connectivity index (χ1v) is 10.1. The lowest BCUT2D eigenvalue weighted by atomic mass is 9.96. The van der Waals surface area contributed by atoms with Crippen LogP contribution in [0.15, 0.2) is 66.7 Å². The first-order chi connectivity index (χ1) is 14.5. The van der Waals surface area contributed by atoms with Crippen LogP contribution in [0.5, 0.6) is 11.5 Å². The summed E-state index contributed by atoms with van der Waals surface area (Å²) in [5, 5.41) is 15.5. The minimum absolute atomic E-state index is 0.176. The summed E-state index contributed by atoms with van der Waals surface area (Å²) in [6, 6.07) is 21.3. The van der Waals surface area contributed by atoms with Crippen LogP contribution in [0.4, 0.5) is 5.82 Å². The highest BCUT2D eigenvalue weighted by Crippen LogP contribution is 2.36. The van der Waals surface area contributed by atoms with Gasteiger partial charge in [0.1, 0.15) is 22.8 Å². The predicted molar refractivity (Wildman–Crippen MR) is 120 cm³/mol. The van der Waals surface area contributed by atoms with Gasteiger partial charge in [0.25, 0.3) is 0 Å². The fraction of sp³-hybridized carbons (Fsp3) is 0.200. The molecule has 0 radical (unpaired) electrons. The van der Waals surface area contributed by atoms with Crippen molar-refractivity contribution in [2.45, 2.75) is 26.8 Å². The number of benzene rings is 2. The lowest BCUT2D eigenvalue weighted by Gasteiger charge is -2.22. The maximum absolute atomic E-state index is 11.1. The summed E-state index contributed by atoms with van der Waals surface area (Å²) in [5.41, 5.74) is 4.12. The third kappa shape index (κ3) is 4.06. The maximum Gasteiger partial charge on any atom is 0.147 e. The van der Waals surface area contributed by atoms with Crippen LogP contribution >= 0.6 is 0 Å². The van der Waals surface area contributed by atoms with E-state index in [1.807, 2.05) is 87.5 Å². The highest BCUT2D eigenvalue weighted by Gasteiger charge is 2.21. The number of fused-ring (bicyclic) bond motifs is 1. The van der Waals surface area contributed by atoms with E-state index in [-0.39, 0.29) is 11.8 Å². The molecular formula is C25H25N3O2. The Morgan fingerprint density at radius 2 is 1.63 bits per heavy atom. The molecule has 2 heterocycles. The Morgan fingerprint density at radius 1 is 0.900 bits per heavy atom. The van der Waals surface area contributed by atoms with Crippen molar-refractivity contribution in [3.8, 4) is 11.5 Å². The molecule has 4 rings (SSSR count). The topological polar surface area (TPSA) is 67.3 Å². The Balaban J connectivity index is 1.82. The standard InChI is InChI=1S/C25H25N3O2/c1-4-30-20-13-10-18(11-14-20)23(28-22-7-5-6-16(2)26-22)21-15-12-19-9-8-17(3)27-24(19)25(21)29/h5-15,23,29H,4H2,1-3H3,(H,26,28)/t23-/m1/s1. The van der Waals surface area contributed by atoms with Crippen LogP contribution in [-0.2, 0) is 0 Å². The normalized spacial score (nSPS) is 12.0. The quantitative estimate of drug-likeness (QED) is 0.445. The van der Waals surface area contributed by atoms with E-state index in [1.165, 1.54) is 0 Å². The number of aromatic hydroxyl groups is 1. The highest BCUT2D eigenvalue weighted by atomic mass is 16.5. The van der Waals surface area contributed by atoms with Gasteiger partial charge in [-0.25, -0.2) is 9.97 Å². The molecule has 0 amide bonds. The maximum atomic E-state index is 11.1. The molecule has 4 aromatic rings. The molecule has 0 spiro atoms. The Labute approximate surface area is 176 Å². The third-order valence-corrected chi connectivity index (χ3v) is 5.02. The van der Waals surface area contributed by atoms with Crippen LogP contribution in [0.25, 0.3) is 10.9 Å². The van der Waals surface area contributed by atoms with Crippen LogP contribution in [0.1, 0.15) is 35.5 Å². The predicted octanol–water partition coefficient (Wildman–Crippen LogP) is 5.55. The van der Waals surface area contributed by atoms with E-state index in [4.69, 9.17) is 4.74 Å². The van der Waals surface area contributed by atoms with Crippen LogP contribution in [0.2, 0.25) is 0 Å². The molecule has 0 aliphatic carbocycles. The molecule has 5 heteroatoms. The second kappa shape index (κ2) is 8.41. The first kappa shape index (κ1) is 19.7. The van der Waals surface area contributed by atoms with Gasteiger partial charge in [-0.05, 0) is 56.7 Å². The van der Waals surface area contributed by atoms with Gasteiger partial charge in [-0.3, -0.25) is 0 Å². The number of pyridine rings is 2. The van der Waals surface area contributed by atoms with Crippen LogP contribution < -0.4 is 10.1 Å². The van der Waals surface area contributed by atoms with Gasteiger partial charge in [0.2, 0.25) is 0 Å². The number of hydrogen-bond acceptors (Lipinski definition) is 5. The van der Waals surface area contributed by atoms with Crippen molar-refractivity contribution in [3.05, 3.63) is 89.2 Å². The highest BCUT2D eigenvalue weighted by molar-refractivity contribution is 5.86. The van der Waals surface area contributed by atoms with E-state index >= 15 is 0 Å². The minimum atomic E-state index is -0.304. The van der Waals surface area contributed by atoms with Gasteiger partial charge in [-0.15, -0.1) is 0 Å². The Bertz CT molecular complexity index is 1170. The number of aromatic nitrogens is 2. The zero-order valence-electron chi connectivity index (χ0n) is 17.4. The molecule has 0 aliphatic heterocycles. The molecule has 0 saturated heterocycles. The van der Waals surface area contributed by atoms with E-state index in [0.29, 0.717) is 12.1 Å². The van der Waals surface area contributed by atoms with Crippen molar-refractivity contribution >= 4 is 16.7 Å². The second-order valence-corrected chi connectivity index (χ2v) is 7.27. The Morgan fingerprint density at radius 3 is 2.37 bits per heavy atom. The van der Waals surface area contributed by atoms with E-state index in [1.54, 1.807) is 0 Å². The van der Waals surface area contributed by atoms with E-state index < -0.39 is 0 Å². The summed E-state index contributed by atoms with van der Waals surface area (Å²) in [6.07, 6.45) is 0. The molecule has 0 fully saturated rings. The monoisotopic (exact) mass is 399 g/mol. The van der Waals surface area contributed by atoms with Crippen LogP contribution in [0, 0.1) is 13.8 Å². The van der Waals surface area contributed by atoms with Crippen molar-refractivity contribution in [1.82, 2.24) is 9.97 Å². The third-order valence-electron chi connectivity index (χ3n) is 5.02. The van der Waals surface area contributed by atoms with Gasteiger partial charge < -0.3 is 15.2 Å². The molecule has 2 aromatic heterocycles. The van der Waals surface area contributed by atoms with Gasteiger partial charge in [0, 0.05) is 22.3 Å². The zero-order chi connectivity index (χ0) is 21.1. The number of nitrogens with one attached hydrogen (secondary N) is 1. The number of ether oxygens (including phenoxy) is 1. The van der Waals surface area contributed by atoms with Gasteiger partial charge >= 0.3 is 0 Å². The average molecular weight is 399 g/mol. The van der Waals surface area contributed by atoms with Crippen molar-refractivity contribution in [2.75, 3.05) is 11.9 Å². The number of phenolic OH excluding ortho intramolecular Hbond substituents is 1. The number of nitrogens with zero attached hydrogens (tertiary/aromatic N) is 2. The average Bonchev–Trinajstić information content (AvgIpc) is 2.74. The fourth-order valence-corrected chi connectivity index (χ4v) is 3.55. The van der Waals surface area contributed by atoms with Crippen LogP contribution in [-0.4, -0.2) is 21.7 Å². The first-order valence-electron chi connectivity index (χ1n) is 10.1. The smallest absolute Gasteiger partial charge is 0.147 e. The Hall–Kier alpha value is -3.60. The van der Waals surface area contributed by atoms with Crippen LogP contribution in [0.3, 0.4) is 0 Å². The van der Waals surface area contributed by atoms with Crippen molar-refractivity contribution in [1.29, 1.82) is 0 Å². The molecule has 2 aromatic carbocycles. The molecule has 152 valence electrons. The van der Waals surface area contributed by atoms with Gasteiger partial charge in [0.15, 0.2) is 0 Å². The minimum Gasteiger partial charge on any atom is -0.505 e. The molecule has 30 heavy (non-hydrogen) atoms. The molecule has 0 bridgehead atoms. The molecule has 0 aliphatic rings. The van der Waals surface area contributed by atoms with Crippen molar-refractivity contribution in [2.24, 2.45) is 0 Å². The van der Waals surface area contributed by atoms with E-state index in [2.05, 4.69) is 15.3 Å². The van der Waals surface area contributed by atoms with Gasteiger partial charge in [0.05, 0.1) is 12.6 Å².